The zero-order valence-corrected chi connectivity index (χ0v) is 17.3. The maximum atomic E-state index is 6.30. The monoisotopic (exact) mass is 345 g/mol. The smallest absolute Gasteiger partial charge is 0.0355 e. The van der Waals surface area contributed by atoms with Gasteiger partial charge in [-0.15, -0.1) is 0 Å². The van der Waals surface area contributed by atoms with Crippen molar-refractivity contribution in [3.8, 4) is 0 Å². The SMILES string of the molecule is CCCCCCCCCCCCCCCc1ccccc1C(C)(C)N. The summed E-state index contributed by atoms with van der Waals surface area (Å²) in [7, 11) is 0. The van der Waals surface area contributed by atoms with Crippen LogP contribution in [-0.4, -0.2) is 0 Å². The lowest BCUT2D eigenvalue weighted by Crippen LogP contribution is -2.30. The second kappa shape index (κ2) is 13.4. The van der Waals surface area contributed by atoms with Gasteiger partial charge in [0.05, 0.1) is 0 Å². The summed E-state index contributed by atoms with van der Waals surface area (Å²) in [6, 6.07) is 8.70. The van der Waals surface area contributed by atoms with Crippen LogP contribution in [-0.2, 0) is 12.0 Å². The minimum Gasteiger partial charge on any atom is -0.322 e. The molecule has 0 amide bonds. The number of benzene rings is 1. The van der Waals surface area contributed by atoms with Crippen LogP contribution < -0.4 is 5.73 Å². The molecule has 0 aliphatic carbocycles. The van der Waals surface area contributed by atoms with Gasteiger partial charge in [0, 0.05) is 5.54 Å². The Kier molecular flexibility index (Phi) is 11.9. The number of hydrogen-bond donors (Lipinski definition) is 1. The van der Waals surface area contributed by atoms with Crippen molar-refractivity contribution in [3.63, 3.8) is 0 Å². The number of hydrogen-bond acceptors (Lipinski definition) is 1. The van der Waals surface area contributed by atoms with Crippen LogP contribution in [0.2, 0.25) is 0 Å². The molecular weight excluding hydrogens is 302 g/mol. The molecular formula is C24H43N. The molecule has 0 radical (unpaired) electrons. The van der Waals surface area contributed by atoms with E-state index in [9.17, 15) is 0 Å². The van der Waals surface area contributed by atoms with Crippen LogP contribution in [0.1, 0.15) is 115 Å². The molecule has 0 heterocycles. The fourth-order valence-electron chi connectivity index (χ4n) is 3.70. The average Bonchev–Trinajstić information content (AvgIpc) is 2.58. The van der Waals surface area contributed by atoms with E-state index in [2.05, 4.69) is 45.0 Å². The first-order valence-corrected chi connectivity index (χ1v) is 10.9. The lowest BCUT2D eigenvalue weighted by atomic mass is 9.89. The fraction of sp³-hybridized carbons (Fsp3) is 0.750. The van der Waals surface area contributed by atoms with E-state index in [4.69, 9.17) is 5.73 Å². The third kappa shape index (κ3) is 10.7. The van der Waals surface area contributed by atoms with Crippen LogP contribution in [0, 0.1) is 0 Å². The highest BCUT2D eigenvalue weighted by Gasteiger charge is 2.17. The van der Waals surface area contributed by atoms with Crippen LogP contribution in [0.3, 0.4) is 0 Å². The molecule has 0 saturated heterocycles. The van der Waals surface area contributed by atoms with E-state index in [1.54, 1.807) is 0 Å². The van der Waals surface area contributed by atoms with Crippen molar-refractivity contribution >= 4 is 0 Å². The molecule has 0 aliphatic rings. The van der Waals surface area contributed by atoms with Gasteiger partial charge in [-0.3, -0.25) is 0 Å². The van der Waals surface area contributed by atoms with Crippen LogP contribution >= 0.6 is 0 Å². The van der Waals surface area contributed by atoms with Crippen molar-refractivity contribution < 1.29 is 0 Å². The lowest BCUT2D eigenvalue weighted by molar-refractivity contribution is 0.533. The molecule has 25 heavy (non-hydrogen) atoms. The Balaban J connectivity index is 1.99. The Morgan fingerprint density at radius 2 is 1.12 bits per heavy atom. The number of unbranched alkanes of at least 4 members (excludes halogenated alkanes) is 12. The highest BCUT2D eigenvalue weighted by atomic mass is 14.7. The van der Waals surface area contributed by atoms with Gasteiger partial charge in [0.2, 0.25) is 0 Å². The van der Waals surface area contributed by atoms with Gasteiger partial charge in [-0.2, -0.15) is 0 Å². The average molecular weight is 346 g/mol. The largest absolute Gasteiger partial charge is 0.322 e. The molecule has 0 aliphatic heterocycles. The van der Waals surface area contributed by atoms with Crippen molar-refractivity contribution in [2.24, 2.45) is 5.73 Å². The first-order valence-electron chi connectivity index (χ1n) is 10.9. The fourth-order valence-corrected chi connectivity index (χ4v) is 3.70. The minimum absolute atomic E-state index is 0.229. The van der Waals surface area contributed by atoms with Crippen LogP contribution in [0.5, 0.6) is 0 Å². The number of aryl methyl sites for hydroxylation is 1. The summed E-state index contributed by atoms with van der Waals surface area (Å²) in [4.78, 5) is 0. The molecule has 0 spiro atoms. The van der Waals surface area contributed by atoms with E-state index < -0.39 is 0 Å². The van der Waals surface area contributed by atoms with E-state index in [-0.39, 0.29) is 5.54 Å². The predicted molar refractivity (Wildman–Crippen MR) is 113 cm³/mol. The van der Waals surface area contributed by atoms with Crippen molar-refractivity contribution in [3.05, 3.63) is 35.4 Å². The van der Waals surface area contributed by atoms with Gasteiger partial charge in [0.15, 0.2) is 0 Å². The summed E-state index contributed by atoms with van der Waals surface area (Å²) < 4.78 is 0. The second-order valence-electron chi connectivity index (χ2n) is 8.37. The summed E-state index contributed by atoms with van der Waals surface area (Å²) in [6.45, 7) is 6.50. The molecule has 1 nitrogen and oxygen atoms in total. The molecule has 1 aromatic rings. The maximum Gasteiger partial charge on any atom is 0.0355 e. The third-order valence-corrected chi connectivity index (χ3v) is 5.26. The van der Waals surface area contributed by atoms with E-state index in [0.717, 1.165) is 0 Å². The normalized spacial score (nSPS) is 11.8. The van der Waals surface area contributed by atoms with Crippen molar-refractivity contribution in [2.75, 3.05) is 0 Å². The zero-order chi connectivity index (χ0) is 18.4. The van der Waals surface area contributed by atoms with Crippen LogP contribution in [0.25, 0.3) is 0 Å². The van der Waals surface area contributed by atoms with Crippen molar-refractivity contribution in [1.29, 1.82) is 0 Å². The molecule has 0 unspecified atom stereocenters. The topological polar surface area (TPSA) is 26.0 Å². The highest BCUT2D eigenvalue weighted by molar-refractivity contribution is 5.32. The van der Waals surface area contributed by atoms with E-state index in [1.807, 2.05) is 0 Å². The van der Waals surface area contributed by atoms with Gasteiger partial charge in [0.25, 0.3) is 0 Å². The van der Waals surface area contributed by atoms with E-state index in [0.29, 0.717) is 0 Å². The van der Waals surface area contributed by atoms with Gasteiger partial charge < -0.3 is 5.73 Å². The Morgan fingerprint density at radius 1 is 0.680 bits per heavy atom. The molecule has 0 fully saturated rings. The standard InChI is InChI=1S/C24H43N/c1-4-5-6-7-8-9-10-11-12-13-14-15-16-19-22-20-17-18-21-23(22)24(2,3)25/h17-18,20-21H,4-16,19,25H2,1-3H3. The predicted octanol–water partition coefficient (Wildman–Crippen LogP) is 7.51. The Morgan fingerprint density at radius 3 is 1.60 bits per heavy atom. The molecule has 1 rings (SSSR count). The third-order valence-electron chi connectivity index (χ3n) is 5.26. The van der Waals surface area contributed by atoms with Crippen molar-refractivity contribution in [2.45, 2.75) is 116 Å². The molecule has 0 atom stereocenters. The summed E-state index contributed by atoms with van der Waals surface area (Å²) in [5.74, 6) is 0. The summed E-state index contributed by atoms with van der Waals surface area (Å²) in [5, 5.41) is 0. The van der Waals surface area contributed by atoms with Gasteiger partial charge in [-0.1, -0.05) is 108 Å². The number of nitrogens with two attached hydrogens (primary N) is 1. The molecule has 144 valence electrons. The maximum absolute atomic E-state index is 6.30. The number of rotatable bonds is 15. The molecule has 1 heteroatoms. The second-order valence-corrected chi connectivity index (χ2v) is 8.37. The summed E-state index contributed by atoms with van der Waals surface area (Å²) >= 11 is 0. The quantitative estimate of drug-likeness (QED) is 0.327. The van der Waals surface area contributed by atoms with E-state index >= 15 is 0 Å². The van der Waals surface area contributed by atoms with Gasteiger partial charge >= 0.3 is 0 Å². The molecule has 0 aromatic heterocycles. The first kappa shape index (κ1) is 22.2. The molecule has 0 bridgehead atoms. The molecule has 0 saturated carbocycles. The van der Waals surface area contributed by atoms with Gasteiger partial charge in [0.1, 0.15) is 0 Å². The van der Waals surface area contributed by atoms with Crippen LogP contribution in [0.4, 0.5) is 0 Å². The Bertz CT molecular complexity index is 430. The summed E-state index contributed by atoms with van der Waals surface area (Å²) in [5.41, 5.74) is 8.83. The van der Waals surface area contributed by atoms with Crippen molar-refractivity contribution in [1.82, 2.24) is 0 Å². The zero-order valence-electron chi connectivity index (χ0n) is 17.3. The minimum atomic E-state index is -0.229. The van der Waals surface area contributed by atoms with Gasteiger partial charge in [-0.25, -0.2) is 0 Å². The molecule has 2 N–H and O–H groups in total. The first-order chi connectivity index (χ1) is 12.1. The Labute approximate surface area is 157 Å². The van der Waals surface area contributed by atoms with Gasteiger partial charge in [-0.05, 0) is 37.8 Å². The molecule has 1 aromatic carbocycles. The highest BCUT2D eigenvalue weighted by Crippen LogP contribution is 2.23. The van der Waals surface area contributed by atoms with E-state index in [1.165, 1.54) is 101 Å². The Hall–Kier alpha value is -0.820. The van der Waals surface area contributed by atoms with Crippen LogP contribution in [0.15, 0.2) is 24.3 Å². The summed E-state index contributed by atoms with van der Waals surface area (Å²) in [6.07, 6.45) is 19.6. The lowest BCUT2D eigenvalue weighted by Gasteiger charge is -2.23.